The van der Waals surface area contributed by atoms with E-state index in [1.54, 1.807) is 0 Å². The Labute approximate surface area is 107 Å². The van der Waals surface area contributed by atoms with E-state index in [9.17, 15) is 13.9 Å². The van der Waals surface area contributed by atoms with Crippen LogP contribution in [-0.2, 0) is 6.42 Å². The van der Waals surface area contributed by atoms with Gasteiger partial charge in [0.2, 0.25) is 0 Å². The highest BCUT2D eigenvalue weighted by molar-refractivity contribution is 9.10. The standard InChI is InChI=1S/C11H12BrClF2O/c12-9-3-4-10(14)8(11(9)15)6-7(16)2-1-5-13/h3-4,7,16H,1-2,5-6H2. The topological polar surface area (TPSA) is 20.2 Å². The molecule has 0 aromatic heterocycles. The van der Waals surface area contributed by atoms with Gasteiger partial charge in [-0.15, -0.1) is 11.6 Å². The van der Waals surface area contributed by atoms with E-state index in [-0.39, 0.29) is 16.5 Å². The van der Waals surface area contributed by atoms with Crippen LogP contribution in [0.4, 0.5) is 8.78 Å². The summed E-state index contributed by atoms with van der Waals surface area (Å²) in [4.78, 5) is 0. The molecule has 0 aliphatic rings. The van der Waals surface area contributed by atoms with Crippen LogP contribution in [0, 0.1) is 11.6 Å². The SMILES string of the molecule is OC(CCCCl)Cc1c(F)ccc(Br)c1F. The first-order valence-corrected chi connectivity index (χ1v) is 6.25. The quantitative estimate of drug-likeness (QED) is 0.650. The molecule has 0 radical (unpaired) electrons. The molecule has 0 spiro atoms. The van der Waals surface area contributed by atoms with Gasteiger partial charge in [0, 0.05) is 17.9 Å². The molecule has 5 heteroatoms. The first-order chi connectivity index (χ1) is 7.56. The first-order valence-electron chi connectivity index (χ1n) is 4.92. The van der Waals surface area contributed by atoms with E-state index in [0.29, 0.717) is 18.7 Å². The summed E-state index contributed by atoms with van der Waals surface area (Å²) in [5.41, 5.74) is -0.0866. The highest BCUT2D eigenvalue weighted by atomic mass is 79.9. The minimum Gasteiger partial charge on any atom is -0.393 e. The van der Waals surface area contributed by atoms with E-state index in [2.05, 4.69) is 15.9 Å². The number of hydrogen-bond donors (Lipinski definition) is 1. The van der Waals surface area contributed by atoms with Gasteiger partial charge in [-0.1, -0.05) is 0 Å². The van der Waals surface area contributed by atoms with E-state index < -0.39 is 17.7 Å². The van der Waals surface area contributed by atoms with Crippen LogP contribution in [-0.4, -0.2) is 17.1 Å². The molecule has 16 heavy (non-hydrogen) atoms. The number of alkyl halides is 1. The maximum Gasteiger partial charge on any atom is 0.143 e. The fraction of sp³-hybridized carbons (Fsp3) is 0.455. The number of rotatable bonds is 5. The average molecular weight is 314 g/mol. The largest absolute Gasteiger partial charge is 0.393 e. The zero-order valence-corrected chi connectivity index (χ0v) is 10.9. The summed E-state index contributed by atoms with van der Waals surface area (Å²) >= 11 is 8.45. The lowest BCUT2D eigenvalue weighted by Gasteiger charge is -2.11. The summed E-state index contributed by atoms with van der Waals surface area (Å²) in [5, 5.41) is 9.57. The molecule has 0 saturated carbocycles. The second kappa shape index (κ2) is 6.52. The summed E-state index contributed by atoms with van der Waals surface area (Å²) in [7, 11) is 0. The third kappa shape index (κ3) is 3.68. The van der Waals surface area contributed by atoms with Crippen LogP contribution in [0.25, 0.3) is 0 Å². The van der Waals surface area contributed by atoms with Gasteiger partial charge in [0.25, 0.3) is 0 Å². The number of halogens is 4. The van der Waals surface area contributed by atoms with Gasteiger partial charge in [0.05, 0.1) is 10.6 Å². The van der Waals surface area contributed by atoms with Gasteiger partial charge in [-0.2, -0.15) is 0 Å². The Bertz CT molecular complexity index is 360. The first kappa shape index (κ1) is 13.9. The molecule has 0 aliphatic heterocycles. The summed E-state index contributed by atoms with van der Waals surface area (Å²) in [5.74, 6) is -0.851. The Hall–Kier alpha value is -0.190. The molecule has 0 heterocycles. The van der Waals surface area contributed by atoms with Crippen molar-refractivity contribution in [2.24, 2.45) is 0 Å². The summed E-state index contributed by atoms with van der Waals surface area (Å²) in [6, 6.07) is 2.48. The van der Waals surface area contributed by atoms with Crippen molar-refractivity contribution in [2.75, 3.05) is 5.88 Å². The Morgan fingerprint density at radius 3 is 2.69 bits per heavy atom. The second-order valence-corrected chi connectivity index (χ2v) is 4.74. The third-order valence-electron chi connectivity index (χ3n) is 2.25. The molecule has 1 nitrogen and oxygen atoms in total. The molecular formula is C11H12BrClF2O. The lowest BCUT2D eigenvalue weighted by molar-refractivity contribution is 0.161. The van der Waals surface area contributed by atoms with Gasteiger partial charge < -0.3 is 5.11 Å². The Balaban J connectivity index is 2.76. The zero-order valence-electron chi connectivity index (χ0n) is 8.52. The van der Waals surface area contributed by atoms with Crippen molar-refractivity contribution in [1.82, 2.24) is 0 Å². The van der Waals surface area contributed by atoms with Crippen molar-refractivity contribution in [2.45, 2.75) is 25.4 Å². The minimum absolute atomic E-state index is 0.0337. The zero-order chi connectivity index (χ0) is 12.1. The highest BCUT2D eigenvalue weighted by Crippen LogP contribution is 2.23. The van der Waals surface area contributed by atoms with Crippen LogP contribution in [0.1, 0.15) is 18.4 Å². The maximum absolute atomic E-state index is 13.5. The monoisotopic (exact) mass is 312 g/mol. The molecular weight excluding hydrogens is 301 g/mol. The van der Waals surface area contributed by atoms with Gasteiger partial charge in [-0.25, -0.2) is 8.78 Å². The van der Waals surface area contributed by atoms with Gasteiger partial charge in [0.15, 0.2) is 0 Å². The van der Waals surface area contributed by atoms with Gasteiger partial charge in [-0.3, -0.25) is 0 Å². The molecule has 0 amide bonds. The predicted octanol–water partition coefficient (Wildman–Crippen LogP) is 3.65. The van der Waals surface area contributed by atoms with E-state index in [0.717, 1.165) is 0 Å². The maximum atomic E-state index is 13.5. The average Bonchev–Trinajstić information content (AvgIpc) is 2.27. The Morgan fingerprint density at radius 2 is 2.06 bits per heavy atom. The molecule has 90 valence electrons. The second-order valence-electron chi connectivity index (χ2n) is 3.51. The number of hydrogen-bond acceptors (Lipinski definition) is 1. The van der Waals surface area contributed by atoms with Crippen molar-refractivity contribution in [3.8, 4) is 0 Å². The van der Waals surface area contributed by atoms with Crippen molar-refractivity contribution >= 4 is 27.5 Å². The molecule has 1 N–H and O–H groups in total. The highest BCUT2D eigenvalue weighted by Gasteiger charge is 2.15. The van der Waals surface area contributed by atoms with Crippen molar-refractivity contribution in [1.29, 1.82) is 0 Å². The number of aliphatic hydroxyl groups is 1. The van der Waals surface area contributed by atoms with Crippen LogP contribution in [0.15, 0.2) is 16.6 Å². The van der Waals surface area contributed by atoms with E-state index in [1.807, 2.05) is 0 Å². The van der Waals surface area contributed by atoms with Crippen LogP contribution in [0.5, 0.6) is 0 Å². The Kier molecular flexibility index (Phi) is 5.66. The van der Waals surface area contributed by atoms with Gasteiger partial charge >= 0.3 is 0 Å². The molecule has 0 saturated heterocycles. The minimum atomic E-state index is -0.767. The van der Waals surface area contributed by atoms with Crippen LogP contribution in [0.3, 0.4) is 0 Å². The molecule has 0 aliphatic carbocycles. The molecule has 1 aromatic carbocycles. The lowest BCUT2D eigenvalue weighted by atomic mass is 10.0. The van der Waals surface area contributed by atoms with Gasteiger partial charge in [0.1, 0.15) is 11.6 Å². The van der Waals surface area contributed by atoms with Gasteiger partial charge in [-0.05, 0) is 40.9 Å². The fourth-order valence-electron chi connectivity index (χ4n) is 1.41. The van der Waals surface area contributed by atoms with E-state index >= 15 is 0 Å². The summed E-state index contributed by atoms with van der Waals surface area (Å²) in [6.07, 6.45) is 0.264. The Morgan fingerprint density at radius 1 is 1.38 bits per heavy atom. The van der Waals surface area contributed by atoms with Crippen molar-refractivity contribution < 1.29 is 13.9 Å². The van der Waals surface area contributed by atoms with E-state index in [4.69, 9.17) is 11.6 Å². The number of aliphatic hydroxyl groups excluding tert-OH is 1. The normalized spacial score (nSPS) is 12.8. The fourth-order valence-corrected chi connectivity index (χ4v) is 1.93. The summed E-state index contributed by atoms with van der Waals surface area (Å²) < 4.78 is 27.0. The van der Waals surface area contributed by atoms with Crippen LogP contribution >= 0.6 is 27.5 Å². The van der Waals surface area contributed by atoms with E-state index in [1.165, 1.54) is 12.1 Å². The van der Waals surface area contributed by atoms with Crippen molar-refractivity contribution in [3.63, 3.8) is 0 Å². The molecule has 0 bridgehead atoms. The molecule has 1 rings (SSSR count). The smallest absolute Gasteiger partial charge is 0.143 e. The van der Waals surface area contributed by atoms with Crippen LogP contribution in [0.2, 0.25) is 0 Å². The van der Waals surface area contributed by atoms with Crippen LogP contribution < -0.4 is 0 Å². The number of benzene rings is 1. The predicted molar refractivity (Wildman–Crippen MR) is 63.7 cm³/mol. The summed E-state index contributed by atoms with van der Waals surface area (Å²) in [6.45, 7) is 0. The molecule has 0 fully saturated rings. The molecule has 1 aromatic rings. The molecule has 1 unspecified atom stereocenters. The third-order valence-corrected chi connectivity index (χ3v) is 3.13. The van der Waals surface area contributed by atoms with Crippen molar-refractivity contribution in [3.05, 3.63) is 33.8 Å². The molecule has 1 atom stereocenters. The lowest BCUT2D eigenvalue weighted by Crippen LogP contribution is -2.13.